The van der Waals surface area contributed by atoms with E-state index in [1.807, 2.05) is 0 Å². The highest BCUT2D eigenvalue weighted by Crippen LogP contribution is 2.41. The summed E-state index contributed by atoms with van der Waals surface area (Å²) in [7, 11) is 0. The molecular formula is C20H22FN3O4. The minimum atomic E-state index is -1.10. The van der Waals surface area contributed by atoms with Crippen molar-refractivity contribution in [1.29, 1.82) is 0 Å². The van der Waals surface area contributed by atoms with Crippen LogP contribution in [0.5, 0.6) is 0 Å². The second-order valence-electron chi connectivity index (χ2n) is 7.97. The molecule has 0 aromatic heterocycles. The average molecular weight is 387 g/mol. The molecule has 0 aliphatic carbocycles. The highest BCUT2D eigenvalue weighted by Gasteiger charge is 2.48. The van der Waals surface area contributed by atoms with Gasteiger partial charge in [-0.15, -0.1) is 0 Å². The zero-order valence-electron chi connectivity index (χ0n) is 15.8. The van der Waals surface area contributed by atoms with Gasteiger partial charge in [0.05, 0.1) is 11.1 Å². The highest BCUT2D eigenvalue weighted by molar-refractivity contribution is 6.24. The fourth-order valence-corrected chi connectivity index (χ4v) is 4.82. The average Bonchev–Trinajstić information content (AvgIpc) is 2.89. The van der Waals surface area contributed by atoms with Crippen LogP contribution < -0.4 is 10.6 Å². The van der Waals surface area contributed by atoms with Crippen LogP contribution >= 0.6 is 0 Å². The molecule has 148 valence electrons. The van der Waals surface area contributed by atoms with Gasteiger partial charge in [-0.25, -0.2) is 4.39 Å². The molecule has 3 atom stereocenters. The number of carbonyl (C=O) groups is 4. The van der Waals surface area contributed by atoms with E-state index < -0.39 is 35.5 Å². The number of fused-ring (bicyclic) bond motifs is 1. The van der Waals surface area contributed by atoms with Crippen molar-refractivity contribution in [3.05, 3.63) is 34.6 Å². The summed E-state index contributed by atoms with van der Waals surface area (Å²) in [4.78, 5) is 50.6. The molecule has 28 heavy (non-hydrogen) atoms. The zero-order valence-corrected chi connectivity index (χ0v) is 15.8. The molecule has 3 unspecified atom stereocenters. The van der Waals surface area contributed by atoms with Gasteiger partial charge in [0.25, 0.3) is 11.8 Å². The summed E-state index contributed by atoms with van der Waals surface area (Å²) >= 11 is 0. The second-order valence-corrected chi connectivity index (χ2v) is 7.97. The number of hydrogen-bond donors (Lipinski definition) is 2. The van der Waals surface area contributed by atoms with Gasteiger partial charge in [-0.2, -0.15) is 0 Å². The number of nitrogens with zero attached hydrogens (tertiary/aromatic N) is 1. The number of piperidine rings is 2. The summed E-state index contributed by atoms with van der Waals surface area (Å²) in [6.07, 6.45) is 0.0781. The van der Waals surface area contributed by atoms with E-state index in [1.54, 1.807) is 6.07 Å². The Hall–Kier alpha value is -2.61. The summed E-state index contributed by atoms with van der Waals surface area (Å²) in [6.45, 7) is 5.64. The third-order valence-corrected chi connectivity index (χ3v) is 6.09. The number of benzene rings is 1. The van der Waals surface area contributed by atoms with Crippen LogP contribution in [0.4, 0.5) is 4.39 Å². The van der Waals surface area contributed by atoms with Crippen LogP contribution in [0, 0.1) is 17.7 Å². The lowest BCUT2D eigenvalue weighted by atomic mass is 9.74. The third-order valence-electron chi connectivity index (χ3n) is 6.09. The predicted octanol–water partition coefficient (Wildman–Crippen LogP) is 1.19. The molecule has 3 aliphatic heterocycles. The lowest BCUT2D eigenvalue weighted by molar-refractivity contribution is -0.136. The molecule has 0 bridgehead atoms. The fraction of sp³-hybridized carbons (Fsp3) is 0.500. The molecule has 0 radical (unpaired) electrons. The maximum atomic E-state index is 14.6. The van der Waals surface area contributed by atoms with Crippen molar-refractivity contribution < 1.29 is 23.6 Å². The molecule has 2 fully saturated rings. The molecule has 1 aromatic rings. The normalized spacial score (nSPS) is 30.5. The number of amides is 4. The van der Waals surface area contributed by atoms with Crippen LogP contribution in [0.15, 0.2) is 12.1 Å². The monoisotopic (exact) mass is 387 g/mol. The number of hydrogen-bond acceptors (Lipinski definition) is 5. The standard InChI is InChI=1S/C20H22FN3O4/c1-9-7-22-8-10(2)15(9)11-3-4-12(21)17-16(11)19(27)24(20(17)28)13-5-6-14(25)23-18(13)26/h3-4,9-10,13,15,22H,5-8H2,1-2H3,(H,23,25,26). The molecular weight excluding hydrogens is 365 g/mol. The van der Waals surface area contributed by atoms with Gasteiger partial charge in [0.1, 0.15) is 11.9 Å². The lowest BCUT2D eigenvalue weighted by Gasteiger charge is -2.36. The minimum absolute atomic E-state index is 0.00550. The Labute approximate surface area is 161 Å². The largest absolute Gasteiger partial charge is 0.316 e. The number of imide groups is 2. The molecule has 3 heterocycles. The Bertz CT molecular complexity index is 890. The van der Waals surface area contributed by atoms with Gasteiger partial charge in [0, 0.05) is 6.42 Å². The van der Waals surface area contributed by atoms with Crippen molar-refractivity contribution in [2.75, 3.05) is 13.1 Å². The quantitative estimate of drug-likeness (QED) is 0.743. The first kappa shape index (κ1) is 18.7. The van der Waals surface area contributed by atoms with Crippen molar-refractivity contribution in [3.63, 3.8) is 0 Å². The maximum Gasteiger partial charge on any atom is 0.265 e. The number of carbonyl (C=O) groups excluding carboxylic acids is 4. The zero-order chi connectivity index (χ0) is 20.2. The van der Waals surface area contributed by atoms with Gasteiger partial charge < -0.3 is 5.32 Å². The molecule has 1 aromatic carbocycles. The SMILES string of the molecule is CC1CNCC(C)C1c1ccc(F)c2c1C(=O)N(C1CCC(=O)NC1=O)C2=O. The maximum absolute atomic E-state index is 14.6. The van der Waals surface area contributed by atoms with Crippen LogP contribution in [0.1, 0.15) is 58.9 Å². The van der Waals surface area contributed by atoms with Gasteiger partial charge in [-0.3, -0.25) is 29.4 Å². The molecule has 0 saturated carbocycles. The molecule has 2 N–H and O–H groups in total. The number of nitrogens with one attached hydrogen (secondary N) is 2. The van der Waals surface area contributed by atoms with Crippen LogP contribution in [0.3, 0.4) is 0 Å². The van der Waals surface area contributed by atoms with Crippen molar-refractivity contribution >= 4 is 23.6 Å². The first-order valence-corrected chi connectivity index (χ1v) is 9.56. The second kappa shape index (κ2) is 6.77. The van der Waals surface area contributed by atoms with Crippen LogP contribution in [0.2, 0.25) is 0 Å². The van der Waals surface area contributed by atoms with E-state index >= 15 is 0 Å². The first-order chi connectivity index (χ1) is 13.3. The molecule has 4 rings (SSSR count). The van der Waals surface area contributed by atoms with Gasteiger partial charge in [0.2, 0.25) is 11.8 Å². The van der Waals surface area contributed by atoms with E-state index in [1.165, 1.54) is 6.07 Å². The van der Waals surface area contributed by atoms with Gasteiger partial charge in [-0.05, 0) is 48.9 Å². The van der Waals surface area contributed by atoms with E-state index in [0.29, 0.717) is 5.56 Å². The summed E-state index contributed by atoms with van der Waals surface area (Å²) in [5, 5.41) is 5.49. The van der Waals surface area contributed by atoms with Gasteiger partial charge in [-0.1, -0.05) is 19.9 Å². The summed E-state index contributed by atoms with van der Waals surface area (Å²) in [5.74, 6) is -2.96. The first-order valence-electron chi connectivity index (χ1n) is 9.56. The highest BCUT2D eigenvalue weighted by atomic mass is 19.1. The predicted molar refractivity (Wildman–Crippen MR) is 97.0 cm³/mol. The number of halogens is 1. The van der Waals surface area contributed by atoms with E-state index in [0.717, 1.165) is 18.0 Å². The van der Waals surface area contributed by atoms with Crippen LogP contribution in [0.25, 0.3) is 0 Å². The molecule has 7 nitrogen and oxygen atoms in total. The van der Waals surface area contributed by atoms with E-state index in [4.69, 9.17) is 0 Å². The van der Waals surface area contributed by atoms with E-state index in [-0.39, 0.29) is 41.7 Å². The third kappa shape index (κ3) is 2.74. The topological polar surface area (TPSA) is 95.6 Å². The van der Waals surface area contributed by atoms with Crippen molar-refractivity contribution in [2.45, 2.75) is 38.6 Å². The van der Waals surface area contributed by atoms with E-state index in [2.05, 4.69) is 24.5 Å². The summed E-state index contributed by atoms with van der Waals surface area (Å²) in [6, 6.07) is 1.73. The summed E-state index contributed by atoms with van der Waals surface area (Å²) in [5.41, 5.74) is 0.469. The van der Waals surface area contributed by atoms with Crippen molar-refractivity contribution in [1.82, 2.24) is 15.5 Å². The molecule has 4 amide bonds. The molecule has 0 spiro atoms. The van der Waals surface area contributed by atoms with Crippen LogP contribution in [-0.2, 0) is 9.59 Å². The van der Waals surface area contributed by atoms with E-state index in [9.17, 15) is 23.6 Å². The minimum Gasteiger partial charge on any atom is -0.316 e. The Kier molecular flexibility index (Phi) is 4.53. The van der Waals surface area contributed by atoms with Gasteiger partial charge >= 0.3 is 0 Å². The Morgan fingerprint density at radius 2 is 1.64 bits per heavy atom. The molecule has 2 saturated heterocycles. The Balaban J connectivity index is 1.78. The smallest absolute Gasteiger partial charge is 0.265 e. The van der Waals surface area contributed by atoms with Crippen LogP contribution in [-0.4, -0.2) is 47.7 Å². The molecule has 3 aliphatic rings. The number of rotatable bonds is 2. The lowest BCUT2D eigenvalue weighted by Crippen LogP contribution is -2.54. The van der Waals surface area contributed by atoms with Crippen molar-refractivity contribution in [2.24, 2.45) is 11.8 Å². The van der Waals surface area contributed by atoms with Gasteiger partial charge in [0.15, 0.2) is 0 Å². The van der Waals surface area contributed by atoms with Crippen molar-refractivity contribution in [3.8, 4) is 0 Å². The summed E-state index contributed by atoms with van der Waals surface area (Å²) < 4.78 is 14.6. The Morgan fingerprint density at radius 1 is 1.00 bits per heavy atom. The fourth-order valence-electron chi connectivity index (χ4n) is 4.82. The Morgan fingerprint density at radius 3 is 2.29 bits per heavy atom. The molecule has 8 heteroatoms.